The molecule has 0 fully saturated rings. The molecule has 2 nitrogen and oxygen atoms in total. The first kappa shape index (κ1) is 12.5. The van der Waals surface area contributed by atoms with Gasteiger partial charge in [0, 0.05) is 12.1 Å². The van der Waals surface area contributed by atoms with Crippen molar-refractivity contribution in [2.24, 2.45) is 0 Å². The predicted octanol–water partition coefficient (Wildman–Crippen LogP) is 2.19. The number of benzene rings is 1. The Balaban J connectivity index is 2.77. The normalized spacial score (nSPS) is 10.5. The fourth-order valence-corrected chi connectivity index (χ4v) is 1.14. The van der Waals surface area contributed by atoms with Gasteiger partial charge in [-0.3, -0.25) is 0 Å². The average molecular weight is 232 g/mol. The lowest BCUT2D eigenvalue weighted by Crippen LogP contribution is -2.22. The molecule has 0 saturated carbocycles. The molecule has 0 spiro atoms. The number of hydrogen-bond acceptors (Lipinski definition) is 2. The number of nitrogens with zero attached hydrogens (tertiary/aromatic N) is 1. The van der Waals surface area contributed by atoms with Gasteiger partial charge in [-0.25, -0.2) is 17.6 Å². The van der Waals surface area contributed by atoms with Crippen LogP contribution in [0.4, 0.5) is 17.6 Å². The summed E-state index contributed by atoms with van der Waals surface area (Å²) in [5, 5.41) is 10.6. The number of nitriles is 1. The molecule has 16 heavy (non-hydrogen) atoms. The molecule has 0 amide bonds. The van der Waals surface area contributed by atoms with Crippen molar-refractivity contribution in [3.8, 4) is 6.07 Å². The fourth-order valence-electron chi connectivity index (χ4n) is 1.14. The van der Waals surface area contributed by atoms with Gasteiger partial charge in [0.2, 0.25) is 0 Å². The second kappa shape index (κ2) is 5.47. The lowest BCUT2D eigenvalue weighted by atomic mass is 10.1. The first-order valence-corrected chi connectivity index (χ1v) is 4.41. The third kappa shape index (κ3) is 3.21. The molecule has 0 atom stereocenters. The van der Waals surface area contributed by atoms with Crippen molar-refractivity contribution < 1.29 is 17.6 Å². The van der Waals surface area contributed by atoms with Crippen LogP contribution in [0.5, 0.6) is 0 Å². The van der Waals surface area contributed by atoms with Crippen molar-refractivity contribution in [2.45, 2.75) is 13.0 Å². The standard InChI is InChI=1S/C10H8F4N2/c11-8-1-6(3-15)2-9(12)7(8)4-16-5-10(13)14/h1-2,10,16H,4-5H2. The fraction of sp³-hybridized carbons (Fsp3) is 0.300. The number of hydrogen-bond donors (Lipinski definition) is 1. The molecule has 6 heteroatoms. The van der Waals surface area contributed by atoms with E-state index in [0.29, 0.717) is 0 Å². The van der Waals surface area contributed by atoms with Gasteiger partial charge in [0.15, 0.2) is 0 Å². The van der Waals surface area contributed by atoms with Crippen molar-refractivity contribution in [2.75, 3.05) is 6.54 Å². The van der Waals surface area contributed by atoms with Crippen LogP contribution in [-0.2, 0) is 6.54 Å². The van der Waals surface area contributed by atoms with Gasteiger partial charge >= 0.3 is 0 Å². The van der Waals surface area contributed by atoms with Crippen LogP contribution in [0.3, 0.4) is 0 Å². The van der Waals surface area contributed by atoms with Crippen molar-refractivity contribution in [3.05, 3.63) is 34.9 Å². The monoisotopic (exact) mass is 232 g/mol. The molecule has 0 aromatic heterocycles. The molecule has 1 aromatic rings. The first-order chi connectivity index (χ1) is 7.54. The SMILES string of the molecule is N#Cc1cc(F)c(CNCC(F)F)c(F)c1. The highest BCUT2D eigenvalue weighted by atomic mass is 19.3. The highest BCUT2D eigenvalue weighted by Crippen LogP contribution is 2.14. The molecule has 0 aliphatic carbocycles. The third-order valence-electron chi connectivity index (χ3n) is 1.87. The van der Waals surface area contributed by atoms with Crippen LogP contribution in [0.25, 0.3) is 0 Å². The second-order valence-electron chi connectivity index (χ2n) is 3.05. The highest BCUT2D eigenvalue weighted by Gasteiger charge is 2.11. The molecule has 0 saturated heterocycles. The maximum atomic E-state index is 13.2. The van der Waals surface area contributed by atoms with Crippen LogP contribution >= 0.6 is 0 Å². The summed E-state index contributed by atoms with van der Waals surface area (Å²) in [5.74, 6) is -1.84. The maximum absolute atomic E-state index is 13.2. The van der Waals surface area contributed by atoms with E-state index in [-0.39, 0.29) is 17.7 Å². The van der Waals surface area contributed by atoms with Gasteiger partial charge < -0.3 is 5.32 Å². The van der Waals surface area contributed by atoms with Crippen LogP contribution in [0.1, 0.15) is 11.1 Å². The Morgan fingerprint density at radius 2 is 1.81 bits per heavy atom. The Bertz CT molecular complexity index is 389. The molecule has 0 bridgehead atoms. The minimum absolute atomic E-state index is 0.146. The zero-order valence-corrected chi connectivity index (χ0v) is 8.11. The predicted molar refractivity (Wildman–Crippen MR) is 48.8 cm³/mol. The molecule has 1 rings (SSSR count). The summed E-state index contributed by atoms with van der Waals surface area (Å²) >= 11 is 0. The molecule has 0 unspecified atom stereocenters. The summed E-state index contributed by atoms with van der Waals surface area (Å²) in [5.41, 5.74) is -0.493. The average Bonchev–Trinajstić information content (AvgIpc) is 2.21. The van der Waals surface area contributed by atoms with Crippen molar-refractivity contribution in [1.82, 2.24) is 5.32 Å². The molecule has 0 heterocycles. The molecular weight excluding hydrogens is 224 g/mol. The lowest BCUT2D eigenvalue weighted by Gasteiger charge is -2.07. The number of nitrogens with one attached hydrogen (secondary N) is 1. The highest BCUT2D eigenvalue weighted by molar-refractivity contribution is 5.34. The zero-order chi connectivity index (χ0) is 12.1. The van der Waals surface area contributed by atoms with Crippen LogP contribution in [0.2, 0.25) is 0 Å². The van der Waals surface area contributed by atoms with Crippen molar-refractivity contribution >= 4 is 0 Å². The van der Waals surface area contributed by atoms with Crippen LogP contribution in [0, 0.1) is 23.0 Å². The lowest BCUT2D eigenvalue weighted by molar-refractivity contribution is 0.145. The van der Waals surface area contributed by atoms with E-state index in [2.05, 4.69) is 5.32 Å². The smallest absolute Gasteiger partial charge is 0.250 e. The van der Waals surface area contributed by atoms with Crippen LogP contribution in [0.15, 0.2) is 12.1 Å². The zero-order valence-electron chi connectivity index (χ0n) is 8.11. The largest absolute Gasteiger partial charge is 0.307 e. The van der Waals surface area contributed by atoms with E-state index in [1.165, 1.54) is 0 Å². The van der Waals surface area contributed by atoms with Crippen molar-refractivity contribution in [3.63, 3.8) is 0 Å². The summed E-state index contributed by atoms with van der Waals surface area (Å²) in [7, 11) is 0. The molecule has 0 radical (unpaired) electrons. The third-order valence-corrected chi connectivity index (χ3v) is 1.87. The number of rotatable bonds is 4. The Labute approximate surface area is 89.5 Å². The van der Waals surface area contributed by atoms with Gasteiger partial charge in [0.25, 0.3) is 6.43 Å². The topological polar surface area (TPSA) is 35.8 Å². The summed E-state index contributed by atoms with van der Waals surface area (Å²) < 4.78 is 49.9. The Morgan fingerprint density at radius 3 is 2.25 bits per heavy atom. The molecule has 0 aliphatic rings. The Morgan fingerprint density at radius 1 is 1.25 bits per heavy atom. The Hall–Kier alpha value is -1.61. The number of alkyl halides is 2. The summed E-state index contributed by atoms with van der Waals surface area (Å²) in [6.45, 7) is -0.980. The maximum Gasteiger partial charge on any atom is 0.250 e. The van der Waals surface area contributed by atoms with E-state index in [1.54, 1.807) is 6.07 Å². The Kier molecular flexibility index (Phi) is 4.26. The van der Waals surface area contributed by atoms with Gasteiger partial charge in [0.1, 0.15) is 11.6 Å². The molecule has 1 aromatic carbocycles. The van der Waals surface area contributed by atoms with E-state index in [9.17, 15) is 17.6 Å². The quantitative estimate of drug-likeness (QED) is 0.808. The van der Waals surface area contributed by atoms with E-state index < -0.39 is 24.6 Å². The van der Waals surface area contributed by atoms with Gasteiger partial charge in [-0.05, 0) is 12.1 Å². The minimum atomic E-state index is -2.58. The van der Waals surface area contributed by atoms with Gasteiger partial charge in [-0.15, -0.1) is 0 Å². The summed E-state index contributed by atoms with van der Waals surface area (Å²) in [4.78, 5) is 0. The summed E-state index contributed by atoms with van der Waals surface area (Å²) in [6.07, 6.45) is -2.58. The van der Waals surface area contributed by atoms with Gasteiger partial charge in [-0.1, -0.05) is 0 Å². The number of halogens is 4. The van der Waals surface area contributed by atoms with E-state index >= 15 is 0 Å². The summed E-state index contributed by atoms with van der Waals surface area (Å²) in [6, 6.07) is 3.32. The first-order valence-electron chi connectivity index (χ1n) is 4.41. The second-order valence-corrected chi connectivity index (χ2v) is 3.05. The van der Waals surface area contributed by atoms with Crippen LogP contribution < -0.4 is 5.32 Å². The van der Waals surface area contributed by atoms with Gasteiger partial charge in [0.05, 0.1) is 18.2 Å². The van der Waals surface area contributed by atoms with Crippen molar-refractivity contribution in [1.29, 1.82) is 5.26 Å². The molecule has 1 N–H and O–H groups in total. The van der Waals surface area contributed by atoms with Gasteiger partial charge in [-0.2, -0.15) is 5.26 Å². The van der Waals surface area contributed by atoms with E-state index in [4.69, 9.17) is 5.26 Å². The van der Waals surface area contributed by atoms with E-state index in [1.807, 2.05) is 0 Å². The molecule has 0 aliphatic heterocycles. The minimum Gasteiger partial charge on any atom is -0.307 e. The molecular formula is C10H8F4N2. The molecule has 86 valence electrons. The van der Waals surface area contributed by atoms with E-state index in [0.717, 1.165) is 12.1 Å². The van der Waals surface area contributed by atoms with Crippen LogP contribution in [-0.4, -0.2) is 13.0 Å².